The first kappa shape index (κ1) is 15.1. The quantitative estimate of drug-likeness (QED) is 0.929. The van der Waals surface area contributed by atoms with Gasteiger partial charge in [-0.3, -0.25) is 9.59 Å². The van der Waals surface area contributed by atoms with Crippen LogP contribution in [-0.2, 0) is 9.59 Å². The predicted octanol–water partition coefficient (Wildman–Crippen LogP) is 2.57. The van der Waals surface area contributed by atoms with E-state index in [4.69, 9.17) is 0 Å². The Morgan fingerprint density at radius 3 is 2.64 bits per heavy atom. The van der Waals surface area contributed by atoms with Gasteiger partial charge in [-0.1, -0.05) is 24.3 Å². The Balaban J connectivity index is 1.88. The normalized spacial score (nSPS) is 25.2. The molecule has 2 atom stereocenters. The molecular formula is C18H24N2O2. The molecule has 22 heavy (non-hydrogen) atoms. The Hall–Kier alpha value is -1.84. The molecule has 3 rings (SSSR count). The lowest BCUT2D eigenvalue weighted by atomic mass is 9.88. The molecule has 1 saturated carbocycles. The van der Waals surface area contributed by atoms with Gasteiger partial charge in [0.15, 0.2) is 0 Å². The summed E-state index contributed by atoms with van der Waals surface area (Å²) in [6.07, 6.45) is 3.65. The van der Waals surface area contributed by atoms with Crippen molar-refractivity contribution in [2.24, 2.45) is 5.92 Å². The minimum atomic E-state index is -0.269. The number of rotatable bonds is 4. The van der Waals surface area contributed by atoms with Gasteiger partial charge in [0.1, 0.15) is 0 Å². The molecule has 0 radical (unpaired) electrons. The van der Waals surface area contributed by atoms with E-state index < -0.39 is 0 Å². The van der Waals surface area contributed by atoms with Crippen molar-refractivity contribution in [3.05, 3.63) is 35.4 Å². The Kier molecular flexibility index (Phi) is 4.19. The molecule has 1 N–H and O–H groups in total. The third-order valence-electron chi connectivity index (χ3n) is 5.07. The van der Waals surface area contributed by atoms with Crippen LogP contribution in [0.4, 0.5) is 0 Å². The third-order valence-corrected chi connectivity index (χ3v) is 5.07. The minimum absolute atomic E-state index is 0.0438. The zero-order chi connectivity index (χ0) is 15.7. The summed E-state index contributed by atoms with van der Waals surface area (Å²) in [6.45, 7) is 4.67. The fourth-order valence-electron chi connectivity index (χ4n) is 3.56. The van der Waals surface area contributed by atoms with Crippen LogP contribution in [0.15, 0.2) is 24.3 Å². The molecule has 1 aliphatic heterocycles. The molecule has 0 aromatic heterocycles. The maximum atomic E-state index is 12.7. The van der Waals surface area contributed by atoms with Crippen molar-refractivity contribution in [3.8, 4) is 0 Å². The Labute approximate surface area is 131 Å². The molecule has 4 heteroatoms. The summed E-state index contributed by atoms with van der Waals surface area (Å²) in [5, 5.41) is 3.12. The first-order valence-electron chi connectivity index (χ1n) is 8.27. The average Bonchev–Trinajstić information content (AvgIpc) is 2.80. The van der Waals surface area contributed by atoms with E-state index in [0.717, 1.165) is 24.0 Å². The number of carbonyl (C=O) groups excluding carboxylic acids is 2. The fourth-order valence-corrected chi connectivity index (χ4v) is 3.56. The molecule has 1 saturated heterocycles. The van der Waals surface area contributed by atoms with Gasteiger partial charge in [0.05, 0.1) is 12.0 Å². The molecule has 2 amide bonds. The van der Waals surface area contributed by atoms with Crippen molar-refractivity contribution in [1.82, 2.24) is 10.2 Å². The van der Waals surface area contributed by atoms with Gasteiger partial charge >= 0.3 is 0 Å². The average molecular weight is 300 g/mol. The van der Waals surface area contributed by atoms with E-state index in [-0.39, 0.29) is 23.8 Å². The van der Waals surface area contributed by atoms with Crippen LogP contribution in [0.25, 0.3) is 0 Å². The number of aryl methyl sites for hydroxylation is 1. The van der Waals surface area contributed by atoms with Crippen LogP contribution in [0.2, 0.25) is 0 Å². The SMILES string of the molecule is CCN1C(=O)C[C@@H](C(=O)NC2CCC2)[C@@H]1c1ccccc1C. The zero-order valence-electron chi connectivity index (χ0n) is 13.3. The van der Waals surface area contributed by atoms with Crippen LogP contribution in [0.3, 0.4) is 0 Å². The van der Waals surface area contributed by atoms with Crippen LogP contribution in [0, 0.1) is 12.8 Å². The standard InChI is InChI=1S/C18H24N2O2/c1-3-20-16(21)11-15(18(22)19-13-8-6-9-13)17(20)14-10-5-4-7-12(14)2/h4-5,7,10,13,15,17H,3,6,8-9,11H2,1-2H3,(H,19,22)/t15-,17+/m1/s1. The largest absolute Gasteiger partial charge is 0.353 e. The van der Waals surface area contributed by atoms with Gasteiger partial charge < -0.3 is 10.2 Å². The van der Waals surface area contributed by atoms with Gasteiger partial charge in [0.25, 0.3) is 0 Å². The summed E-state index contributed by atoms with van der Waals surface area (Å²) in [5.74, 6) is -0.138. The van der Waals surface area contributed by atoms with E-state index in [1.165, 1.54) is 6.42 Å². The van der Waals surface area contributed by atoms with E-state index in [2.05, 4.69) is 5.32 Å². The third kappa shape index (κ3) is 2.62. The number of hydrogen-bond donors (Lipinski definition) is 1. The second kappa shape index (κ2) is 6.11. The topological polar surface area (TPSA) is 49.4 Å². The maximum Gasteiger partial charge on any atom is 0.226 e. The summed E-state index contributed by atoms with van der Waals surface area (Å²) >= 11 is 0. The van der Waals surface area contributed by atoms with Gasteiger partial charge in [-0.25, -0.2) is 0 Å². The second-order valence-electron chi connectivity index (χ2n) is 6.43. The van der Waals surface area contributed by atoms with Gasteiger partial charge in [0, 0.05) is 19.0 Å². The van der Waals surface area contributed by atoms with Crippen molar-refractivity contribution < 1.29 is 9.59 Å². The van der Waals surface area contributed by atoms with Gasteiger partial charge in [-0.15, -0.1) is 0 Å². The molecule has 2 fully saturated rings. The number of nitrogens with one attached hydrogen (secondary N) is 1. The van der Waals surface area contributed by atoms with Crippen LogP contribution >= 0.6 is 0 Å². The van der Waals surface area contributed by atoms with E-state index in [0.29, 0.717) is 19.0 Å². The highest BCUT2D eigenvalue weighted by Gasteiger charge is 2.44. The smallest absolute Gasteiger partial charge is 0.226 e. The molecule has 0 bridgehead atoms. The van der Waals surface area contributed by atoms with Crippen molar-refractivity contribution in [1.29, 1.82) is 0 Å². The predicted molar refractivity (Wildman–Crippen MR) is 85.2 cm³/mol. The molecule has 1 aliphatic carbocycles. The van der Waals surface area contributed by atoms with Gasteiger partial charge in [0.2, 0.25) is 11.8 Å². The molecule has 1 heterocycles. The minimum Gasteiger partial charge on any atom is -0.353 e. The molecule has 0 unspecified atom stereocenters. The van der Waals surface area contributed by atoms with Crippen molar-refractivity contribution >= 4 is 11.8 Å². The Bertz CT molecular complexity index is 580. The molecule has 118 valence electrons. The van der Waals surface area contributed by atoms with Crippen molar-refractivity contribution in [2.75, 3.05) is 6.54 Å². The molecule has 1 aromatic carbocycles. The van der Waals surface area contributed by atoms with Crippen LogP contribution in [0.5, 0.6) is 0 Å². The summed E-state index contributed by atoms with van der Waals surface area (Å²) in [5.41, 5.74) is 2.24. The fraction of sp³-hybridized carbons (Fsp3) is 0.556. The van der Waals surface area contributed by atoms with Crippen LogP contribution in [-0.4, -0.2) is 29.3 Å². The second-order valence-corrected chi connectivity index (χ2v) is 6.43. The first-order valence-corrected chi connectivity index (χ1v) is 8.27. The summed E-state index contributed by atoms with van der Waals surface area (Å²) in [6, 6.07) is 8.27. The monoisotopic (exact) mass is 300 g/mol. The number of amides is 2. The maximum absolute atomic E-state index is 12.7. The highest BCUT2D eigenvalue weighted by molar-refractivity contribution is 5.90. The number of hydrogen-bond acceptors (Lipinski definition) is 2. The van der Waals surface area contributed by atoms with Crippen LogP contribution in [0.1, 0.15) is 49.8 Å². The molecule has 4 nitrogen and oxygen atoms in total. The highest BCUT2D eigenvalue weighted by atomic mass is 16.2. The van der Waals surface area contributed by atoms with E-state index in [9.17, 15) is 9.59 Å². The number of likely N-dealkylation sites (tertiary alicyclic amines) is 1. The highest BCUT2D eigenvalue weighted by Crippen LogP contribution is 2.39. The lowest BCUT2D eigenvalue weighted by Crippen LogP contribution is -2.44. The Morgan fingerprint density at radius 2 is 2.05 bits per heavy atom. The number of nitrogens with zero attached hydrogens (tertiary/aromatic N) is 1. The van der Waals surface area contributed by atoms with Gasteiger partial charge in [-0.2, -0.15) is 0 Å². The molecule has 0 spiro atoms. The lowest BCUT2D eigenvalue weighted by molar-refractivity contribution is -0.129. The Morgan fingerprint density at radius 1 is 1.32 bits per heavy atom. The zero-order valence-corrected chi connectivity index (χ0v) is 13.3. The molecule has 1 aromatic rings. The summed E-state index contributed by atoms with van der Waals surface area (Å²) in [7, 11) is 0. The van der Waals surface area contributed by atoms with E-state index >= 15 is 0 Å². The first-order chi connectivity index (χ1) is 10.6. The summed E-state index contributed by atoms with van der Waals surface area (Å²) in [4.78, 5) is 26.8. The van der Waals surface area contributed by atoms with Crippen molar-refractivity contribution in [3.63, 3.8) is 0 Å². The lowest BCUT2D eigenvalue weighted by Gasteiger charge is -2.31. The molecule has 2 aliphatic rings. The molecular weight excluding hydrogens is 276 g/mol. The van der Waals surface area contributed by atoms with E-state index in [1.807, 2.05) is 43.0 Å². The number of carbonyl (C=O) groups is 2. The number of benzene rings is 1. The van der Waals surface area contributed by atoms with Gasteiger partial charge in [-0.05, 0) is 44.2 Å². The summed E-state index contributed by atoms with van der Waals surface area (Å²) < 4.78 is 0. The van der Waals surface area contributed by atoms with Crippen molar-refractivity contribution in [2.45, 2.75) is 51.6 Å². The van der Waals surface area contributed by atoms with E-state index in [1.54, 1.807) is 0 Å². The van der Waals surface area contributed by atoms with Crippen LogP contribution < -0.4 is 5.32 Å².